The molecular weight excluding hydrogens is 416 g/mol. The predicted molar refractivity (Wildman–Crippen MR) is 103 cm³/mol. The number of aliphatic carboxylic acids is 2. The van der Waals surface area contributed by atoms with Gasteiger partial charge in [-0.25, -0.2) is 0 Å². The summed E-state index contributed by atoms with van der Waals surface area (Å²) in [6.45, 7) is 18.2. The number of carboxylic acids is 2. The van der Waals surface area contributed by atoms with Crippen LogP contribution >= 0.6 is 0 Å². The molecule has 29 heavy (non-hydrogen) atoms. The largest absolute Gasteiger partial charge is 2.00 e. The third-order valence-corrected chi connectivity index (χ3v) is 2.78. The fraction of sp³-hybridized carbons (Fsp3) is 0.800. The summed E-state index contributed by atoms with van der Waals surface area (Å²) in [6.07, 6.45) is 0. The van der Waals surface area contributed by atoms with Crippen LogP contribution in [0.5, 0.6) is 0 Å². The van der Waals surface area contributed by atoms with Gasteiger partial charge in [-0.3, -0.25) is 9.59 Å². The van der Waals surface area contributed by atoms with E-state index in [1.165, 1.54) is 41.5 Å². The molecule has 0 rings (SSSR count). The number of carboxylic acid groups (broad SMARTS) is 2. The van der Waals surface area contributed by atoms with Crippen LogP contribution in [0, 0.1) is 10.8 Å². The third kappa shape index (κ3) is 31.8. The smallest absolute Gasteiger partial charge is 0.549 e. The Morgan fingerprint density at radius 3 is 0.655 bits per heavy atom. The number of hydrogen-bond donors (Lipinski definition) is 2. The first-order valence-electron chi connectivity index (χ1n) is 8.67. The molecule has 0 heterocycles. The minimum atomic E-state index is -1.33. The van der Waals surface area contributed by atoms with Crippen LogP contribution in [0.25, 0.3) is 0 Å². The first-order chi connectivity index (χ1) is 11.8. The maximum absolute atomic E-state index is 10.5. The summed E-state index contributed by atoms with van der Waals surface area (Å²) >= 11 is 0. The minimum Gasteiger partial charge on any atom is -0.549 e. The van der Waals surface area contributed by atoms with E-state index in [2.05, 4.69) is 0 Å². The minimum absolute atomic E-state index is 0. The number of aliphatic hydroxyl groups is 2. The monoisotopic (exact) mass is 454 g/mol. The van der Waals surface area contributed by atoms with E-state index in [1.807, 2.05) is 0 Å². The Bertz CT molecular complexity index is 432. The van der Waals surface area contributed by atoms with E-state index < -0.39 is 34.0 Å². The molecule has 0 saturated carbocycles. The molecule has 9 heteroatoms. The van der Waals surface area contributed by atoms with Crippen molar-refractivity contribution in [3.8, 4) is 0 Å². The Morgan fingerprint density at radius 2 is 0.655 bits per heavy atom. The first-order valence-corrected chi connectivity index (χ1v) is 8.67. The van der Waals surface area contributed by atoms with Crippen LogP contribution in [-0.4, -0.2) is 44.9 Å². The Kier molecular flexibility index (Phi) is 19.7. The molecule has 0 aliphatic carbocycles. The van der Waals surface area contributed by atoms with Crippen molar-refractivity contribution >= 4 is 23.5 Å². The summed E-state index contributed by atoms with van der Waals surface area (Å²) < 4.78 is 0. The van der Waals surface area contributed by atoms with Gasteiger partial charge in [-0.1, -0.05) is 0 Å². The van der Waals surface area contributed by atoms with Crippen molar-refractivity contribution in [2.24, 2.45) is 10.8 Å². The third-order valence-electron chi connectivity index (χ3n) is 2.78. The molecule has 170 valence electrons. The van der Waals surface area contributed by atoms with Crippen LogP contribution in [-0.2, 0) is 40.9 Å². The summed E-state index contributed by atoms with van der Waals surface area (Å²) in [4.78, 5) is 41.2. The van der Waals surface area contributed by atoms with E-state index in [0.717, 1.165) is 0 Å². The van der Waals surface area contributed by atoms with E-state index >= 15 is 0 Å². The fourth-order valence-electron chi connectivity index (χ4n) is 0.287. The zero-order chi connectivity index (χ0) is 24.3. The van der Waals surface area contributed by atoms with Crippen molar-refractivity contribution in [1.82, 2.24) is 0 Å². The molecule has 0 fully saturated rings. The van der Waals surface area contributed by atoms with Crippen LogP contribution < -0.4 is 10.2 Å². The zero-order valence-electron chi connectivity index (χ0n) is 19.8. The molecule has 0 amide bonds. The first kappa shape index (κ1) is 38.5. The molecule has 2 N–H and O–H groups in total. The second-order valence-corrected chi connectivity index (χ2v) is 9.28. The van der Waals surface area contributed by atoms with E-state index in [-0.39, 0.29) is 33.3 Å². The molecule has 0 radical (unpaired) electrons. The fourth-order valence-corrected chi connectivity index (χ4v) is 0.287. The van der Waals surface area contributed by atoms with E-state index in [4.69, 9.17) is 10.2 Å². The average Bonchev–Trinajstić information content (AvgIpc) is 2.34. The van der Waals surface area contributed by atoms with Gasteiger partial charge in [0.15, 0.2) is 0 Å². The molecule has 8 nitrogen and oxygen atoms in total. The molecule has 0 aliphatic heterocycles. The van der Waals surface area contributed by atoms with Gasteiger partial charge in [0.2, 0.25) is 0 Å². The number of carbonyl (C=O) groups is 4. The molecule has 0 aromatic rings. The van der Waals surface area contributed by atoms with Gasteiger partial charge in [-0.05, 0) is 83.1 Å². The summed E-state index contributed by atoms with van der Waals surface area (Å²) in [6, 6.07) is 0. The van der Waals surface area contributed by atoms with Crippen LogP contribution in [0.3, 0.4) is 0 Å². The second kappa shape index (κ2) is 14.8. The van der Waals surface area contributed by atoms with Gasteiger partial charge in [0.1, 0.15) is 11.6 Å². The predicted octanol–water partition coefficient (Wildman–Crippen LogP) is 0.255. The summed E-state index contributed by atoms with van der Waals surface area (Å²) in [7, 11) is 0. The van der Waals surface area contributed by atoms with E-state index in [1.54, 1.807) is 41.5 Å². The molecule has 0 spiro atoms. The van der Waals surface area contributed by atoms with Gasteiger partial charge in [0.25, 0.3) is 0 Å². The SMILES string of the molecule is CC(=O)C(C)(C)C(=O)[O-].CC(=O)C(C)(C)C(=O)[O-].CC(C)(C)O.CC(C)(C)O.[Ti+2]. The Hall–Kier alpha value is -1.09. The molecular formula is C20H38O8Ti. The van der Waals surface area contributed by atoms with Gasteiger partial charge < -0.3 is 30.0 Å². The van der Waals surface area contributed by atoms with Crippen LogP contribution in [0.4, 0.5) is 0 Å². The van der Waals surface area contributed by atoms with Gasteiger partial charge in [-0.15, -0.1) is 0 Å². The van der Waals surface area contributed by atoms with Crippen LogP contribution in [0.2, 0.25) is 0 Å². The number of ketones is 2. The molecule has 0 unspecified atom stereocenters. The Balaban J connectivity index is -0.0000000907. The standard InChI is InChI=1S/2C6H10O3.2C4H10O.Ti/c2*1-4(7)6(2,3)5(8)9;2*1-4(2,3)5;/h2*1-3H3,(H,8,9);2*5H,1-3H3;/q;;;;+2/p-2. The van der Waals surface area contributed by atoms with Crippen molar-refractivity contribution in [2.75, 3.05) is 0 Å². The summed E-state index contributed by atoms with van der Waals surface area (Å²) in [5.41, 5.74) is -3.67. The van der Waals surface area contributed by atoms with Gasteiger partial charge >= 0.3 is 21.7 Å². The molecule has 0 aliphatic rings. The van der Waals surface area contributed by atoms with Crippen molar-refractivity contribution in [3.63, 3.8) is 0 Å². The molecule has 0 atom stereocenters. The Labute approximate surface area is 190 Å². The van der Waals surface area contributed by atoms with Gasteiger partial charge in [-0.2, -0.15) is 0 Å². The maximum atomic E-state index is 10.5. The van der Waals surface area contributed by atoms with Gasteiger partial charge in [0, 0.05) is 0 Å². The number of rotatable bonds is 4. The molecule has 0 aromatic heterocycles. The van der Waals surface area contributed by atoms with Crippen molar-refractivity contribution in [1.29, 1.82) is 0 Å². The van der Waals surface area contributed by atoms with E-state index in [9.17, 15) is 29.4 Å². The topological polar surface area (TPSA) is 155 Å². The van der Waals surface area contributed by atoms with Crippen LogP contribution in [0.1, 0.15) is 83.1 Å². The van der Waals surface area contributed by atoms with Crippen LogP contribution in [0.15, 0.2) is 0 Å². The zero-order valence-corrected chi connectivity index (χ0v) is 21.4. The maximum Gasteiger partial charge on any atom is 2.00 e. The summed E-state index contributed by atoms with van der Waals surface area (Å²) in [5.74, 6) is -3.42. The van der Waals surface area contributed by atoms with Gasteiger partial charge in [0.05, 0.1) is 34.0 Å². The Morgan fingerprint density at radius 1 is 0.552 bits per heavy atom. The quantitative estimate of drug-likeness (QED) is 0.453. The number of Topliss-reactive ketones (excluding diaryl/α,β-unsaturated/α-hetero) is 2. The van der Waals surface area contributed by atoms with Crippen molar-refractivity contribution in [3.05, 3.63) is 0 Å². The van der Waals surface area contributed by atoms with Crippen molar-refractivity contribution in [2.45, 2.75) is 94.3 Å². The normalized spacial score (nSPS) is 11.0. The van der Waals surface area contributed by atoms with E-state index in [0.29, 0.717) is 0 Å². The summed E-state index contributed by atoms with van der Waals surface area (Å²) in [5, 5.41) is 37.3. The second-order valence-electron chi connectivity index (χ2n) is 9.28. The molecule has 0 aromatic carbocycles. The number of hydrogen-bond acceptors (Lipinski definition) is 8. The molecule has 0 bridgehead atoms. The van der Waals surface area contributed by atoms with Crippen molar-refractivity contribution < 1.29 is 61.3 Å². The number of carbonyl (C=O) groups excluding carboxylic acids is 4. The average molecular weight is 454 g/mol. The molecule has 0 saturated heterocycles.